The van der Waals surface area contributed by atoms with Crippen molar-refractivity contribution in [2.75, 3.05) is 23.7 Å². The van der Waals surface area contributed by atoms with Gasteiger partial charge in [-0.05, 0) is 26.0 Å². The molecule has 6 nitrogen and oxygen atoms in total. The van der Waals surface area contributed by atoms with Gasteiger partial charge in [-0.2, -0.15) is 15.0 Å². The van der Waals surface area contributed by atoms with Crippen LogP contribution in [0, 0.1) is 5.82 Å². The van der Waals surface area contributed by atoms with E-state index in [-0.39, 0.29) is 17.7 Å². The fourth-order valence-corrected chi connectivity index (χ4v) is 1.68. The Labute approximate surface area is 116 Å². The summed E-state index contributed by atoms with van der Waals surface area (Å²) in [6.45, 7) is 5.39. The summed E-state index contributed by atoms with van der Waals surface area (Å²) in [6.07, 6.45) is 0. The highest BCUT2D eigenvalue weighted by Crippen LogP contribution is 2.22. The van der Waals surface area contributed by atoms with E-state index >= 15 is 0 Å². The number of aromatic nitrogens is 3. The van der Waals surface area contributed by atoms with Crippen molar-refractivity contribution < 1.29 is 9.13 Å². The molecular formula is C13H16FN5O. The summed E-state index contributed by atoms with van der Waals surface area (Å²) in [5.74, 6) is 0.00143. The van der Waals surface area contributed by atoms with Crippen LogP contribution < -0.4 is 15.4 Å². The van der Waals surface area contributed by atoms with Gasteiger partial charge in [0.2, 0.25) is 11.9 Å². The molecule has 0 fully saturated rings. The Morgan fingerprint density at radius 3 is 2.50 bits per heavy atom. The SMILES string of the molecule is CCN(CC)c1nc(N)nc(Oc2ccccc2F)n1. The molecule has 1 aromatic carbocycles. The monoisotopic (exact) mass is 277 g/mol. The van der Waals surface area contributed by atoms with E-state index in [1.54, 1.807) is 12.1 Å². The van der Waals surface area contributed by atoms with Gasteiger partial charge in [-0.25, -0.2) is 4.39 Å². The van der Waals surface area contributed by atoms with Gasteiger partial charge in [-0.15, -0.1) is 0 Å². The number of anilines is 2. The zero-order valence-corrected chi connectivity index (χ0v) is 11.4. The molecule has 0 aliphatic heterocycles. The Hall–Kier alpha value is -2.44. The van der Waals surface area contributed by atoms with Gasteiger partial charge in [0.25, 0.3) is 0 Å². The van der Waals surface area contributed by atoms with E-state index in [0.29, 0.717) is 5.95 Å². The second-order valence-corrected chi connectivity index (χ2v) is 3.98. The molecule has 20 heavy (non-hydrogen) atoms. The number of rotatable bonds is 5. The number of ether oxygens (including phenoxy) is 1. The number of halogens is 1. The van der Waals surface area contributed by atoms with Crippen LogP contribution in [0.5, 0.6) is 11.8 Å². The van der Waals surface area contributed by atoms with E-state index in [1.807, 2.05) is 18.7 Å². The summed E-state index contributed by atoms with van der Waals surface area (Å²) in [5, 5.41) is 0. The predicted octanol–water partition coefficient (Wildman–Crippen LogP) is 2.23. The summed E-state index contributed by atoms with van der Waals surface area (Å²) >= 11 is 0. The summed E-state index contributed by atoms with van der Waals surface area (Å²) in [7, 11) is 0. The predicted molar refractivity (Wildman–Crippen MR) is 74.3 cm³/mol. The number of nitrogens with two attached hydrogens (primary N) is 1. The molecule has 106 valence electrons. The van der Waals surface area contributed by atoms with Crippen LogP contribution in [-0.2, 0) is 0 Å². The Balaban J connectivity index is 2.31. The molecule has 0 saturated heterocycles. The van der Waals surface area contributed by atoms with E-state index in [1.165, 1.54) is 12.1 Å². The average Bonchev–Trinajstić information content (AvgIpc) is 2.42. The van der Waals surface area contributed by atoms with Gasteiger partial charge in [0.15, 0.2) is 11.6 Å². The van der Waals surface area contributed by atoms with E-state index in [2.05, 4.69) is 15.0 Å². The Kier molecular flexibility index (Phi) is 4.29. The third-order valence-electron chi connectivity index (χ3n) is 2.70. The van der Waals surface area contributed by atoms with Gasteiger partial charge in [-0.1, -0.05) is 12.1 Å². The van der Waals surface area contributed by atoms with E-state index < -0.39 is 5.82 Å². The van der Waals surface area contributed by atoms with Gasteiger partial charge in [0.05, 0.1) is 0 Å². The van der Waals surface area contributed by atoms with Crippen LogP contribution in [0.15, 0.2) is 24.3 Å². The summed E-state index contributed by atoms with van der Waals surface area (Å²) in [6, 6.07) is 6.00. The first-order valence-corrected chi connectivity index (χ1v) is 6.33. The molecule has 0 bridgehead atoms. The molecule has 0 unspecified atom stereocenters. The smallest absolute Gasteiger partial charge is 0.328 e. The molecule has 0 saturated carbocycles. The van der Waals surface area contributed by atoms with Gasteiger partial charge in [0.1, 0.15) is 0 Å². The fourth-order valence-electron chi connectivity index (χ4n) is 1.68. The maximum absolute atomic E-state index is 13.5. The van der Waals surface area contributed by atoms with Crippen molar-refractivity contribution in [2.45, 2.75) is 13.8 Å². The number of hydrogen-bond acceptors (Lipinski definition) is 6. The van der Waals surface area contributed by atoms with Crippen molar-refractivity contribution in [3.63, 3.8) is 0 Å². The molecule has 7 heteroatoms. The van der Waals surface area contributed by atoms with Crippen molar-refractivity contribution in [3.8, 4) is 11.8 Å². The molecule has 2 aromatic rings. The third-order valence-corrected chi connectivity index (χ3v) is 2.70. The van der Waals surface area contributed by atoms with Gasteiger partial charge in [-0.3, -0.25) is 0 Å². The second kappa shape index (κ2) is 6.14. The molecule has 0 atom stereocenters. The molecule has 1 aromatic heterocycles. The maximum atomic E-state index is 13.5. The molecule has 2 N–H and O–H groups in total. The topological polar surface area (TPSA) is 77.2 Å². The number of nitrogens with zero attached hydrogens (tertiary/aromatic N) is 4. The lowest BCUT2D eigenvalue weighted by Gasteiger charge is -2.18. The second-order valence-electron chi connectivity index (χ2n) is 3.98. The molecule has 0 radical (unpaired) electrons. The zero-order chi connectivity index (χ0) is 14.5. The number of hydrogen-bond donors (Lipinski definition) is 1. The highest BCUT2D eigenvalue weighted by molar-refractivity contribution is 5.37. The Morgan fingerprint density at radius 2 is 1.85 bits per heavy atom. The van der Waals surface area contributed by atoms with Crippen LogP contribution in [-0.4, -0.2) is 28.0 Å². The molecule has 1 heterocycles. The molecular weight excluding hydrogens is 261 g/mol. The average molecular weight is 277 g/mol. The Morgan fingerprint density at radius 1 is 1.15 bits per heavy atom. The minimum Gasteiger partial charge on any atom is -0.421 e. The van der Waals surface area contributed by atoms with E-state index in [4.69, 9.17) is 10.5 Å². The minimum atomic E-state index is -0.490. The summed E-state index contributed by atoms with van der Waals surface area (Å²) in [5.41, 5.74) is 5.64. The van der Waals surface area contributed by atoms with Crippen LogP contribution >= 0.6 is 0 Å². The zero-order valence-electron chi connectivity index (χ0n) is 11.4. The summed E-state index contributed by atoms with van der Waals surface area (Å²) < 4.78 is 18.9. The van der Waals surface area contributed by atoms with Crippen LogP contribution in [0.2, 0.25) is 0 Å². The van der Waals surface area contributed by atoms with Crippen LogP contribution in [0.4, 0.5) is 16.3 Å². The molecule has 0 aliphatic rings. The van der Waals surface area contributed by atoms with Crippen LogP contribution in [0.1, 0.15) is 13.8 Å². The maximum Gasteiger partial charge on any atom is 0.328 e. The molecule has 0 amide bonds. The van der Waals surface area contributed by atoms with Crippen molar-refractivity contribution in [3.05, 3.63) is 30.1 Å². The van der Waals surface area contributed by atoms with Crippen molar-refractivity contribution in [1.82, 2.24) is 15.0 Å². The quantitative estimate of drug-likeness (QED) is 0.903. The number of nitrogen functional groups attached to an aromatic ring is 1. The largest absolute Gasteiger partial charge is 0.421 e. The van der Waals surface area contributed by atoms with Gasteiger partial charge in [0, 0.05) is 13.1 Å². The lowest BCUT2D eigenvalue weighted by molar-refractivity contribution is 0.410. The standard InChI is InChI=1S/C13H16FN5O/c1-3-19(4-2)12-16-11(15)17-13(18-12)20-10-8-6-5-7-9(10)14/h5-8H,3-4H2,1-2H3,(H2,15,16,17,18). The lowest BCUT2D eigenvalue weighted by atomic mass is 10.3. The third kappa shape index (κ3) is 3.11. The van der Waals surface area contributed by atoms with Gasteiger partial charge >= 0.3 is 6.01 Å². The highest BCUT2D eigenvalue weighted by Gasteiger charge is 2.12. The molecule has 2 rings (SSSR count). The first-order chi connectivity index (χ1) is 9.63. The molecule has 0 spiro atoms. The number of benzene rings is 1. The molecule has 0 aliphatic carbocycles. The first-order valence-electron chi connectivity index (χ1n) is 6.33. The van der Waals surface area contributed by atoms with Crippen molar-refractivity contribution >= 4 is 11.9 Å². The van der Waals surface area contributed by atoms with E-state index in [9.17, 15) is 4.39 Å². The fraction of sp³-hybridized carbons (Fsp3) is 0.308. The van der Waals surface area contributed by atoms with Crippen LogP contribution in [0.3, 0.4) is 0 Å². The number of para-hydroxylation sites is 1. The van der Waals surface area contributed by atoms with E-state index in [0.717, 1.165) is 13.1 Å². The minimum absolute atomic E-state index is 0.0236. The normalized spacial score (nSPS) is 10.3. The first kappa shape index (κ1) is 14.0. The van der Waals surface area contributed by atoms with Crippen molar-refractivity contribution in [1.29, 1.82) is 0 Å². The Bertz CT molecular complexity index is 589. The summed E-state index contributed by atoms with van der Waals surface area (Å²) in [4.78, 5) is 14.0. The van der Waals surface area contributed by atoms with Gasteiger partial charge < -0.3 is 15.4 Å². The highest BCUT2D eigenvalue weighted by atomic mass is 19.1. The van der Waals surface area contributed by atoms with Crippen molar-refractivity contribution in [2.24, 2.45) is 0 Å². The van der Waals surface area contributed by atoms with Crippen LogP contribution in [0.25, 0.3) is 0 Å². The lowest BCUT2D eigenvalue weighted by Crippen LogP contribution is -2.25.